The van der Waals surface area contributed by atoms with Crippen molar-refractivity contribution in [3.63, 3.8) is 0 Å². The maximum absolute atomic E-state index is 5.83. The molecule has 5 nitrogen and oxygen atoms in total. The molecule has 1 aromatic heterocycles. The van der Waals surface area contributed by atoms with Crippen molar-refractivity contribution in [2.24, 2.45) is 11.3 Å². The van der Waals surface area contributed by atoms with Gasteiger partial charge in [-0.25, -0.2) is 15.8 Å². The lowest BCUT2D eigenvalue weighted by molar-refractivity contribution is -0.0191. The molecule has 19 heavy (non-hydrogen) atoms. The number of nitrogens with one attached hydrogen (secondary N) is 1. The van der Waals surface area contributed by atoms with Crippen LogP contribution in [0.2, 0.25) is 0 Å². The minimum Gasteiger partial charge on any atom is -0.370 e. The highest BCUT2D eigenvalue weighted by Crippen LogP contribution is 2.35. The Kier molecular flexibility index (Phi) is 5.26. The topological polar surface area (TPSA) is 73.1 Å². The average molecular weight is 266 g/mol. The van der Waals surface area contributed by atoms with Gasteiger partial charge in [0.05, 0.1) is 0 Å². The van der Waals surface area contributed by atoms with Crippen molar-refractivity contribution in [3.05, 3.63) is 17.1 Å². The Morgan fingerprint density at radius 3 is 2.32 bits per heavy atom. The molecule has 0 aliphatic heterocycles. The zero-order valence-corrected chi connectivity index (χ0v) is 12.9. The first-order chi connectivity index (χ1) is 8.85. The van der Waals surface area contributed by atoms with E-state index in [1.807, 2.05) is 13.8 Å². The van der Waals surface area contributed by atoms with Crippen molar-refractivity contribution in [2.75, 3.05) is 12.0 Å². The van der Waals surface area contributed by atoms with E-state index >= 15 is 0 Å². The van der Waals surface area contributed by atoms with Crippen LogP contribution in [0.4, 0.5) is 5.82 Å². The van der Waals surface area contributed by atoms with Crippen LogP contribution in [-0.2, 0) is 11.2 Å². The van der Waals surface area contributed by atoms with E-state index in [1.54, 1.807) is 0 Å². The van der Waals surface area contributed by atoms with Crippen LogP contribution >= 0.6 is 0 Å². The minimum absolute atomic E-state index is 0.0674. The summed E-state index contributed by atoms with van der Waals surface area (Å²) in [5.74, 6) is 6.95. The van der Waals surface area contributed by atoms with Crippen molar-refractivity contribution in [1.82, 2.24) is 9.97 Å². The minimum atomic E-state index is -0.144. The second kappa shape index (κ2) is 6.30. The Morgan fingerprint density at radius 1 is 1.26 bits per heavy atom. The quantitative estimate of drug-likeness (QED) is 0.633. The molecule has 1 rings (SSSR count). The molecule has 1 unspecified atom stereocenters. The van der Waals surface area contributed by atoms with Crippen molar-refractivity contribution in [1.29, 1.82) is 0 Å². The molecule has 5 heteroatoms. The Bertz CT molecular complexity index is 426. The predicted molar refractivity (Wildman–Crippen MR) is 77.8 cm³/mol. The van der Waals surface area contributed by atoms with Crippen molar-refractivity contribution in [2.45, 2.75) is 54.1 Å². The average Bonchev–Trinajstić information content (AvgIpc) is 2.33. The van der Waals surface area contributed by atoms with Gasteiger partial charge in [0.1, 0.15) is 11.9 Å². The van der Waals surface area contributed by atoms with Crippen LogP contribution in [0.1, 0.15) is 57.8 Å². The van der Waals surface area contributed by atoms with E-state index in [2.05, 4.69) is 43.1 Å². The van der Waals surface area contributed by atoms with Gasteiger partial charge in [0.25, 0.3) is 0 Å². The van der Waals surface area contributed by atoms with E-state index in [9.17, 15) is 0 Å². The fraction of sp³-hybridized carbons (Fsp3) is 0.714. The highest BCUT2D eigenvalue weighted by atomic mass is 16.5. The van der Waals surface area contributed by atoms with Gasteiger partial charge in [-0.2, -0.15) is 0 Å². The molecule has 1 aromatic rings. The summed E-state index contributed by atoms with van der Waals surface area (Å²) in [5.41, 5.74) is 4.61. The van der Waals surface area contributed by atoms with Crippen LogP contribution < -0.4 is 11.3 Å². The molecule has 0 amide bonds. The molecule has 0 aliphatic rings. The summed E-state index contributed by atoms with van der Waals surface area (Å²) in [6, 6.07) is 0. The number of nitrogens with two attached hydrogens (primary N) is 1. The molecule has 3 N–H and O–H groups in total. The molecule has 108 valence electrons. The van der Waals surface area contributed by atoms with E-state index in [4.69, 9.17) is 10.6 Å². The van der Waals surface area contributed by atoms with Crippen LogP contribution in [0.15, 0.2) is 0 Å². The first-order valence-electron chi connectivity index (χ1n) is 6.80. The van der Waals surface area contributed by atoms with Gasteiger partial charge >= 0.3 is 0 Å². The van der Waals surface area contributed by atoms with E-state index in [0.29, 0.717) is 18.2 Å². The zero-order valence-electron chi connectivity index (χ0n) is 12.9. The van der Waals surface area contributed by atoms with E-state index < -0.39 is 0 Å². The molecule has 0 spiro atoms. The lowest BCUT2D eigenvalue weighted by Gasteiger charge is -2.29. The second-order valence-corrected chi connectivity index (χ2v) is 5.69. The molecule has 1 atom stereocenters. The fourth-order valence-corrected chi connectivity index (χ4v) is 2.16. The van der Waals surface area contributed by atoms with Crippen molar-refractivity contribution >= 4 is 5.82 Å². The summed E-state index contributed by atoms with van der Waals surface area (Å²) in [7, 11) is 0. The SMILES string of the molecule is CCOC(c1nc(C)c(CC)c(NN)n1)C(C)(C)C. The standard InChI is InChI=1S/C14H26N4O/c1-7-10-9(3)16-13(17-12(10)18-15)11(19-8-2)14(4,5)6/h11H,7-8,15H2,1-6H3,(H,16,17,18). The first kappa shape index (κ1) is 15.9. The number of rotatable bonds is 5. The van der Waals surface area contributed by atoms with Gasteiger partial charge in [-0.05, 0) is 25.7 Å². The first-order valence-corrected chi connectivity index (χ1v) is 6.80. The summed E-state index contributed by atoms with van der Waals surface area (Å²) in [5, 5.41) is 0. The van der Waals surface area contributed by atoms with Gasteiger partial charge < -0.3 is 10.2 Å². The molecule has 0 fully saturated rings. The summed E-state index contributed by atoms with van der Waals surface area (Å²) in [6.07, 6.45) is 0.703. The second-order valence-electron chi connectivity index (χ2n) is 5.69. The van der Waals surface area contributed by atoms with Gasteiger partial charge in [-0.3, -0.25) is 0 Å². The summed E-state index contributed by atoms with van der Waals surface area (Å²) in [6.45, 7) is 13.0. The largest absolute Gasteiger partial charge is 0.370 e. The molecule has 0 bridgehead atoms. The highest BCUT2D eigenvalue weighted by Gasteiger charge is 2.30. The number of nitrogens with zero attached hydrogens (tertiary/aromatic N) is 2. The smallest absolute Gasteiger partial charge is 0.160 e. The molecule has 0 aromatic carbocycles. The lowest BCUT2D eigenvalue weighted by Crippen LogP contribution is -2.25. The van der Waals surface area contributed by atoms with Crippen LogP contribution in [0, 0.1) is 12.3 Å². The number of aryl methyl sites for hydroxylation is 1. The number of anilines is 1. The Morgan fingerprint density at radius 2 is 1.89 bits per heavy atom. The van der Waals surface area contributed by atoms with Crippen LogP contribution in [0.25, 0.3) is 0 Å². The monoisotopic (exact) mass is 266 g/mol. The molecule has 1 heterocycles. The number of aromatic nitrogens is 2. The highest BCUT2D eigenvalue weighted by molar-refractivity contribution is 5.45. The van der Waals surface area contributed by atoms with Crippen LogP contribution in [0.3, 0.4) is 0 Å². The maximum Gasteiger partial charge on any atom is 0.160 e. The predicted octanol–water partition coefficient (Wildman–Crippen LogP) is 2.76. The molecule has 0 saturated carbocycles. The zero-order chi connectivity index (χ0) is 14.6. The summed E-state index contributed by atoms with van der Waals surface area (Å²) < 4.78 is 5.83. The molecule has 0 aliphatic carbocycles. The summed E-state index contributed by atoms with van der Waals surface area (Å²) >= 11 is 0. The van der Waals surface area contributed by atoms with Crippen molar-refractivity contribution < 1.29 is 4.74 Å². The molecule has 0 saturated heterocycles. The third-order valence-electron chi connectivity index (χ3n) is 3.08. The lowest BCUT2D eigenvalue weighted by atomic mass is 9.88. The number of hydrogen-bond donors (Lipinski definition) is 2. The van der Waals surface area contributed by atoms with Crippen LogP contribution in [-0.4, -0.2) is 16.6 Å². The van der Waals surface area contributed by atoms with E-state index in [0.717, 1.165) is 17.7 Å². The summed E-state index contributed by atoms with van der Waals surface area (Å²) in [4.78, 5) is 9.14. The molecular formula is C14H26N4O. The Labute approximate surface area is 115 Å². The van der Waals surface area contributed by atoms with Crippen LogP contribution in [0.5, 0.6) is 0 Å². The fourth-order valence-electron chi connectivity index (χ4n) is 2.16. The van der Waals surface area contributed by atoms with Gasteiger partial charge in [0, 0.05) is 17.9 Å². The third kappa shape index (κ3) is 3.64. The Balaban J connectivity index is 3.29. The van der Waals surface area contributed by atoms with Crippen molar-refractivity contribution in [3.8, 4) is 0 Å². The maximum atomic E-state index is 5.83. The molecule has 0 radical (unpaired) electrons. The van der Waals surface area contributed by atoms with E-state index in [-0.39, 0.29) is 11.5 Å². The number of hydrazine groups is 1. The number of hydrogen-bond acceptors (Lipinski definition) is 5. The number of nitrogen functional groups attached to an aromatic ring is 1. The normalized spacial score (nSPS) is 13.4. The van der Waals surface area contributed by atoms with Gasteiger partial charge in [-0.1, -0.05) is 27.7 Å². The third-order valence-corrected chi connectivity index (χ3v) is 3.08. The van der Waals surface area contributed by atoms with E-state index in [1.165, 1.54) is 0 Å². The van der Waals surface area contributed by atoms with Gasteiger partial charge in [-0.15, -0.1) is 0 Å². The van der Waals surface area contributed by atoms with Gasteiger partial charge in [0.15, 0.2) is 5.82 Å². The molecular weight excluding hydrogens is 240 g/mol. The van der Waals surface area contributed by atoms with Gasteiger partial charge in [0.2, 0.25) is 0 Å². The Hall–Kier alpha value is -1.20. The number of ether oxygens (including phenoxy) is 1.